The van der Waals surface area contributed by atoms with Crippen LogP contribution < -0.4 is 10.2 Å². The van der Waals surface area contributed by atoms with E-state index in [1.165, 1.54) is 18.2 Å². The molecular weight excluding hydrogens is 531 g/mol. The minimum atomic E-state index is -0.813. The van der Waals surface area contributed by atoms with Crippen LogP contribution in [0.4, 0.5) is 10.1 Å². The van der Waals surface area contributed by atoms with Gasteiger partial charge in [0.2, 0.25) is 5.91 Å². The topological polar surface area (TPSA) is 88.7 Å². The Kier molecular flexibility index (Phi) is 7.35. The van der Waals surface area contributed by atoms with Crippen LogP contribution in [0, 0.1) is 5.82 Å². The first-order valence-electron chi connectivity index (χ1n) is 13.9. The van der Waals surface area contributed by atoms with Crippen molar-refractivity contribution >= 4 is 28.4 Å². The lowest BCUT2D eigenvalue weighted by Crippen LogP contribution is -2.48. The van der Waals surface area contributed by atoms with Crippen LogP contribution in [0.5, 0.6) is 5.75 Å². The summed E-state index contributed by atoms with van der Waals surface area (Å²) in [6.45, 7) is 4.59. The largest absolute Gasteiger partial charge is 0.508 e. The highest BCUT2D eigenvalue weighted by molar-refractivity contribution is 5.96. The number of H-pyrrole nitrogens is 1. The van der Waals surface area contributed by atoms with Gasteiger partial charge in [0.15, 0.2) is 0 Å². The molecule has 8 heteroatoms. The highest BCUT2D eigenvalue weighted by Crippen LogP contribution is 2.32. The molecule has 1 aliphatic rings. The molecule has 2 heterocycles. The average molecular weight is 563 g/mol. The molecule has 1 aromatic heterocycles. The number of para-hydroxylation sites is 1. The van der Waals surface area contributed by atoms with Crippen molar-refractivity contribution in [1.29, 1.82) is 0 Å². The summed E-state index contributed by atoms with van der Waals surface area (Å²) in [6, 6.07) is 28.0. The quantitative estimate of drug-likeness (QED) is 0.242. The van der Waals surface area contributed by atoms with Gasteiger partial charge in [-0.2, -0.15) is 0 Å². The number of phenolic OH excluding ortho intramolecular Hbond substituents is 1. The van der Waals surface area contributed by atoms with Crippen LogP contribution in [-0.4, -0.2) is 53.0 Å². The van der Waals surface area contributed by atoms with E-state index in [1.807, 2.05) is 65.6 Å². The maximum absolute atomic E-state index is 14.3. The number of nitrogens with zero attached hydrogens (tertiary/aromatic N) is 2. The molecule has 1 saturated heterocycles. The third-order valence-electron chi connectivity index (χ3n) is 7.85. The van der Waals surface area contributed by atoms with Gasteiger partial charge in [-0.1, -0.05) is 42.5 Å². The van der Waals surface area contributed by atoms with Gasteiger partial charge in [0.25, 0.3) is 5.91 Å². The lowest BCUT2D eigenvalue weighted by atomic mass is 10.00. The zero-order valence-corrected chi connectivity index (χ0v) is 23.2. The van der Waals surface area contributed by atoms with Crippen molar-refractivity contribution in [2.75, 3.05) is 31.1 Å². The molecule has 1 fully saturated rings. The molecule has 0 spiro atoms. The third kappa shape index (κ3) is 5.56. The first kappa shape index (κ1) is 27.1. The molecule has 0 unspecified atom stereocenters. The Bertz CT molecular complexity index is 1720. The van der Waals surface area contributed by atoms with E-state index in [2.05, 4.69) is 27.3 Å². The Morgan fingerprint density at radius 1 is 0.857 bits per heavy atom. The van der Waals surface area contributed by atoms with Crippen LogP contribution in [0.25, 0.3) is 22.0 Å². The van der Waals surface area contributed by atoms with Crippen LogP contribution in [0.1, 0.15) is 34.6 Å². The second-order valence-electron chi connectivity index (χ2n) is 10.5. The number of aromatic amines is 1. The molecule has 2 amide bonds. The first-order chi connectivity index (χ1) is 20.4. The summed E-state index contributed by atoms with van der Waals surface area (Å²) in [4.78, 5) is 32.7. The Morgan fingerprint density at radius 3 is 2.36 bits per heavy atom. The number of amides is 2. The number of aromatic nitrogens is 1. The third-order valence-corrected chi connectivity index (χ3v) is 7.85. The van der Waals surface area contributed by atoms with Crippen LogP contribution >= 0.6 is 0 Å². The lowest BCUT2D eigenvalue weighted by Gasteiger charge is -2.35. The number of piperazine rings is 1. The Labute approximate surface area is 243 Å². The number of hydrogen-bond donors (Lipinski definition) is 3. The molecule has 0 radical (unpaired) electrons. The fraction of sp³-hybridized carbons (Fsp3) is 0.176. The Morgan fingerprint density at radius 2 is 1.62 bits per heavy atom. The molecule has 5 aromatic rings. The molecule has 212 valence electrons. The Hall–Kier alpha value is -5.11. The summed E-state index contributed by atoms with van der Waals surface area (Å²) in [7, 11) is 0. The number of anilines is 1. The highest BCUT2D eigenvalue weighted by Gasteiger charge is 2.24. The van der Waals surface area contributed by atoms with Crippen LogP contribution in [-0.2, 0) is 4.79 Å². The fourth-order valence-corrected chi connectivity index (χ4v) is 5.53. The van der Waals surface area contributed by atoms with E-state index >= 15 is 0 Å². The summed E-state index contributed by atoms with van der Waals surface area (Å²) in [5.41, 5.74) is 5.12. The highest BCUT2D eigenvalue weighted by atomic mass is 19.1. The minimum Gasteiger partial charge on any atom is -0.508 e. The van der Waals surface area contributed by atoms with Gasteiger partial charge in [0, 0.05) is 61.1 Å². The maximum atomic E-state index is 14.3. The first-order valence-corrected chi connectivity index (χ1v) is 13.9. The molecule has 3 N–H and O–H groups in total. The van der Waals surface area contributed by atoms with E-state index < -0.39 is 11.9 Å². The van der Waals surface area contributed by atoms with E-state index in [1.54, 1.807) is 13.0 Å². The summed E-state index contributed by atoms with van der Waals surface area (Å²) in [5, 5.41) is 14.6. The predicted octanol–water partition coefficient (Wildman–Crippen LogP) is 5.87. The SMILES string of the molecule is CC(=O)N1CCN(c2ccc(-c3cccc(C(=O)N[C@@H](c4cc5ccccc5[nH]4)c4cc(F)ccc4O)c3)cc2)CC1. The number of phenols is 1. The monoisotopic (exact) mass is 562 g/mol. The molecule has 0 bridgehead atoms. The second-order valence-corrected chi connectivity index (χ2v) is 10.5. The molecule has 4 aromatic carbocycles. The van der Waals surface area contributed by atoms with Crippen molar-refractivity contribution in [3.63, 3.8) is 0 Å². The fourth-order valence-electron chi connectivity index (χ4n) is 5.53. The predicted molar refractivity (Wildman–Crippen MR) is 162 cm³/mol. The van der Waals surface area contributed by atoms with Crippen LogP contribution in [0.3, 0.4) is 0 Å². The number of carbonyl (C=O) groups is 2. The number of benzene rings is 4. The number of hydrogen-bond acceptors (Lipinski definition) is 4. The smallest absolute Gasteiger partial charge is 0.252 e. The normalized spacial score (nSPS) is 14.1. The van der Waals surface area contributed by atoms with E-state index in [9.17, 15) is 19.1 Å². The molecule has 7 nitrogen and oxygen atoms in total. The van der Waals surface area contributed by atoms with Crippen molar-refractivity contribution in [2.45, 2.75) is 13.0 Å². The maximum Gasteiger partial charge on any atom is 0.252 e. The van der Waals surface area contributed by atoms with Gasteiger partial charge >= 0.3 is 0 Å². The van der Waals surface area contributed by atoms with Gasteiger partial charge < -0.3 is 25.2 Å². The molecular formula is C34H31FN4O3. The second kappa shape index (κ2) is 11.4. The molecule has 42 heavy (non-hydrogen) atoms. The van der Waals surface area contributed by atoms with Crippen molar-refractivity contribution in [2.24, 2.45) is 0 Å². The molecule has 1 aliphatic heterocycles. The van der Waals surface area contributed by atoms with Crippen LogP contribution in [0.15, 0.2) is 97.1 Å². The number of rotatable bonds is 6. The number of aromatic hydroxyl groups is 1. The summed E-state index contributed by atoms with van der Waals surface area (Å²) in [5.74, 6) is -0.875. The standard InChI is InChI=1S/C34H31FN4O3/c1-22(40)38-15-17-39(18-16-38)28-12-9-23(10-13-28)24-6-4-7-26(19-24)34(42)37-33(29-21-27(35)11-14-32(29)41)31-20-25-5-2-3-8-30(25)36-31/h2-14,19-21,33,36,41H,15-18H2,1H3,(H,37,42)/t33-/m1/s1. The van der Waals surface area contributed by atoms with Gasteiger partial charge in [0.1, 0.15) is 11.6 Å². The Balaban J connectivity index is 1.24. The van der Waals surface area contributed by atoms with Crippen molar-refractivity contribution in [3.05, 3.63) is 120 Å². The van der Waals surface area contributed by atoms with Gasteiger partial charge in [0.05, 0.1) is 6.04 Å². The van der Waals surface area contributed by atoms with E-state index in [-0.39, 0.29) is 23.1 Å². The number of nitrogens with one attached hydrogen (secondary N) is 2. The molecule has 1 atom stereocenters. The van der Waals surface area contributed by atoms with E-state index in [0.29, 0.717) is 24.3 Å². The number of halogens is 1. The molecule has 0 saturated carbocycles. The summed E-state index contributed by atoms with van der Waals surface area (Å²) in [6.07, 6.45) is 0. The van der Waals surface area contributed by atoms with Crippen LogP contribution in [0.2, 0.25) is 0 Å². The van der Waals surface area contributed by atoms with Crippen molar-refractivity contribution < 1.29 is 19.1 Å². The van der Waals surface area contributed by atoms with Gasteiger partial charge in [-0.15, -0.1) is 0 Å². The van der Waals surface area contributed by atoms with Gasteiger partial charge in [-0.05, 0) is 71.1 Å². The minimum absolute atomic E-state index is 0.106. The van der Waals surface area contributed by atoms with Gasteiger partial charge in [-0.25, -0.2) is 4.39 Å². The molecule has 6 rings (SSSR count). The zero-order chi connectivity index (χ0) is 29.2. The number of fused-ring (bicyclic) bond motifs is 1. The lowest BCUT2D eigenvalue weighted by molar-refractivity contribution is -0.129. The van der Waals surface area contributed by atoms with E-state index in [0.717, 1.165) is 40.8 Å². The molecule has 0 aliphatic carbocycles. The zero-order valence-electron chi connectivity index (χ0n) is 23.2. The number of carbonyl (C=O) groups excluding carboxylic acids is 2. The summed E-state index contributed by atoms with van der Waals surface area (Å²) >= 11 is 0. The van der Waals surface area contributed by atoms with Crippen molar-refractivity contribution in [1.82, 2.24) is 15.2 Å². The summed E-state index contributed by atoms with van der Waals surface area (Å²) < 4.78 is 14.3. The van der Waals surface area contributed by atoms with Gasteiger partial charge in [-0.3, -0.25) is 9.59 Å². The average Bonchev–Trinajstić information content (AvgIpc) is 3.45. The van der Waals surface area contributed by atoms with Crippen molar-refractivity contribution in [3.8, 4) is 16.9 Å². The van der Waals surface area contributed by atoms with E-state index in [4.69, 9.17) is 0 Å².